The highest BCUT2D eigenvalue weighted by atomic mass is 35.5. The smallest absolute Gasteiger partial charge is 0.133 e. The van der Waals surface area contributed by atoms with Crippen molar-refractivity contribution in [1.29, 1.82) is 0 Å². The van der Waals surface area contributed by atoms with Gasteiger partial charge in [-0.15, -0.1) is 5.10 Å². The molecule has 1 aromatic heterocycles. The molecule has 13 heavy (non-hydrogen) atoms. The molecule has 0 unspecified atom stereocenters. The van der Waals surface area contributed by atoms with Crippen LogP contribution in [0.25, 0.3) is 10.9 Å². The van der Waals surface area contributed by atoms with E-state index in [9.17, 15) is 0 Å². The topological polar surface area (TPSA) is 30.7 Å². The van der Waals surface area contributed by atoms with E-state index in [1.165, 1.54) is 0 Å². The average Bonchev–Trinajstić information content (AvgIpc) is 2.12. The summed E-state index contributed by atoms with van der Waals surface area (Å²) in [5.74, 6) is 0. The van der Waals surface area contributed by atoms with E-state index in [4.69, 9.17) is 23.8 Å². The first-order valence-electron chi connectivity index (χ1n) is 3.68. The summed E-state index contributed by atoms with van der Waals surface area (Å²) >= 11 is 11.0. The molecule has 1 heterocycles. The summed E-state index contributed by atoms with van der Waals surface area (Å²) in [5, 5.41) is 9.36. The van der Waals surface area contributed by atoms with Crippen LogP contribution in [0.5, 0.6) is 0 Å². The van der Waals surface area contributed by atoms with Gasteiger partial charge in [0.05, 0.1) is 5.52 Å². The van der Waals surface area contributed by atoms with Gasteiger partial charge in [-0.2, -0.15) is 0 Å². The van der Waals surface area contributed by atoms with Crippen molar-refractivity contribution in [2.24, 2.45) is 7.05 Å². The second kappa shape index (κ2) is 3.05. The molecule has 1 aromatic carbocycles. The highest BCUT2D eigenvalue weighted by molar-refractivity contribution is 7.71. The quantitative estimate of drug-likeness (QED) is 0.627. The van der Waals surface area contributed by atoms with E-state index in [0.717, 1.165) is 10.9 Å². The maximum Gasteiger partial charge on any atom is 0.133 e. The number of rotatable bonds is 0. The van der Waals surface area contributed by atoms with E-state index in [0.29, 0.717) is 9.66 Å². The summed E-state index contributed by atoms with van der Waals surface area (Å²) in [6, 6.07) is 5.40. The Hall–Kier alpha value is -1.00. The molecule has 0 bridgehead atoms. The fourth-order valence-electron chi connectivity index (χ4n) is 1.10. The van der Waals surface area contributed by atoms with E-state index < -0.39 is 0 Å². The van der Waals surface area contributed by atoms with Gasteiger partial charge in [-0.1, -0.05) is 29.0 Å². The van der Waals surface area contributed by atoms with Gasteiger partial charge in [0.1, 0.15) is 4.64 Å². The van der Waals surface area contributed by atoms with Crippen molar-refractivity contribution in [3.05, 3.63) is 27.9 Å². The molecule has 0 spiro atoms. The lowest BCUT2D eigenvalue weighted by atomic mass is 10.2. The first-order chi connectivity index (χ1) is 6.18. The van der Waals surface area contributed by atoms with Crippen molar-refractivity contribution >= 4 is 34.7 Å². The minimum Gasteiger partial charge on any atom is -0.238 e. The Morgan fingerprint density at radius 1 is 1.46 bits per heavy atom. The van der Waals surface area contributed by atoms with Gasteiger partial charge in [-0.25, -0.2) is 4.68 Å². The number of hydrogen-bond acceptors (Lipinski definition) is 3. The maximum atomic E-state index is 5.80. The van der Waals surface area contributed by atoms with E-state index in [-0.39, 0.29) is 0 Å². The zero-order valence-corrected chi connectivity index (χ0v) is 8.43. The van der Waals surface area contributed by atoms with Gasteiger partial charge in [-0.3, -0.25) is 0 Å². The molecule has 0 saturated carbocycles. The average molecular weight is 212 g/mol. The van der Waals surface area contributed by atoms with Crippen molar-refractivity contribution in [2.75, 3.05) is 0 Å². The SMILES string of the molecule is Cn1nnc2cc(Cl)ccc2c1=S. The maximum absolute atomic E-state index is 5.80. The third kappa shape index (κ3) is 1.43. The summed E-state index contributed by atoms with van der Waals surface area (Å²) < 4.78 is 2.23. The molecule has 66 valence electrons. The summed E-state index contributed by atoms with van der Waals surface area (Å²) in [4.78, 5) is 0. The van der Waals surface area contributed by atoms with Crippen LogP contribution in [0.3, 0.4) is 0 Å². The van der Waals surface area contributed by atoms with Gasteiger partial charge in [0, 0.05) is 17.5 Å². The number of aromatic nitrogens is 3. The predicted molar refractivity (Wildman–Crippen MR) is 54.4 cm³/mol. The molecule has 0 atom stereocenters. The molecule has 0 aliphatic heterocycles. The van der Waals surface area contributed by atoms with Crippen molar-refractivity contribution in [2.45, 2.75) is 0 Å². The molecule has 0 amide bonds. The second-order valence-corrected chi connectivity index (χ2v) is 3.50. The summed E-state index contributed by atoms with van der Waals surface area (Å²) in [7, 11) is 1.77. The monoisotopic (exact) mass is 211 g/mol. The van der Waals surface area contributed by atoms with Gasteiger partial charge >= 0.3 is 0 Å². The number of nitrogens with zero attached hydrogens (tertiary/aromatic N) is 3. The number of aryl methyl sites for hydroxylation is 1. The standard InChI is InChI=1S/C8H6ClN3S/c1-12-8(13)6-3-2-5(9)4-7(6)10-11-12/h2-4H,1H3. The summed E-state index contributed by atoms with van der Waals surface area (Å²) in [6.45, 7) is 0. The van der Waals surface area contributed by atoms with Crippen molar-refractivity contribution in [1.82, 2.24) is 15.0 Å². The van der Waals surface area contributed by atoms with Gasteiger partial charge in [0.15, 0.2) is 0 Å². The van der Waals surface area contributed by atoms with Crippen LogP contribution in [-0.4, -0.2) is 15.0 Å². The van der Waals surface area contributed by atoms with Gasteiger partial charge < -0.3 is 0 Å². The molecule has 0 radical (unpaired) electrons. The largest absolute Gasteiger partial charge is 0.238 e. The van der Waals surface area contributed by atoms with Crippen LogP contribution in [0, 0.1) is 4.64 Å². The predicted octanol–water partition coefficient (Wildman–Crippen LogP) is 2.35. The highest BCUT2D eigenvalue weighted by Gasteiger charge is 1.99. The molecule has 0 saturated heterocycles. The molecular weight excluding hydrogens is 206 g/mol. The van der Waals surface area contributed by atoms with Crippen molar-refractivity contribution in [3.63, 3.8) is 0 Å². The van der Waals surface area contributed by atoms with Gasteiger partial charge in [-0.05, 0) is 18.2 Å². The van der Waals surface area contributed by atoms with E-state index >= 15 is 0 Å². The van der Waals surface area contributed by atoms with Gasteiger partial charge in [0.2, 0.25) is 0 Å². The lowest BCUT2D eigenvalue weighted by Crippen LogP contribution is -2.01. The molecule has 0 N–H and O–H groups in total. The Kier molecular flexibility index (Phi) is 2.01. The molecule has 5 heteroatoms. The first-order valence-corrected chi connectivity index (χ1v) is 4.46. The van der Waals surface area contributed by atoms with Gasteiger partial charge in [0.25, 0.3) is 0 Å². The van der Waals surface area contributed by atoms with E-state index in [2.05, 4.69) is 10.3 Å². The molecule has 2 rings (SSSR count). The molecule has 0 aliphatic carbocycles. The number of halogens is 1. The number of benzene rings is 1. The summed E-state index contributed by atoms with van der Waals surface area (Å²) in [5.41, 5.74) is 0.732. The van der Waals surface area contributed by atoms with Crippen LogP contribution in [0.15, 0.2) is 18.2 Å². The first kappa shape index (κ1) is 8.59. The Labute approximate surface area is 84.9 Å². The number of fused-ring (bicyclic) bond motifs is 1. The second-order valence-electron chi connectivity index (χ2n) is 2.68. The zero-order valence-electron chi connectivity index (χ0n) is 6.86. The highest BCUT2D eigenvalue weighted by Crippen LogP contribution is 2.16. The molecule has 0 aliphatic rings. The van der Waals surface area contributed by atoms with Crippen LogP contribution in [0.2, 0.25) is 5.02 Å². The van der Waals surface area contributed by atoms with Crippen molar-refractivity contribution < 1.29 is 0 Å². The van der Waals surface area contributed by atoms with Crippen LogP contribution in [0.4, 0.5) is 0 Å². The van der Waals surface area contributed by atoms with Crippen LogP contribution in [0.1, 0.15) is 0 Å². The Morgan fingerprint density at radius 2 is 2.23 bits per heavy atom. The minimum atomic E-state index is 0.644. The minimum absolute atomic E-state index is 0.644. The third-order valence-corrected chi connectivity index (χ3v) is 2.49. The van der Waals surface area contributed by atoms with Crippen molar-refractivity contribution in [3.8, 4) is 0 Å². The van der Waals surface area contributed by atoms with Crippen LogP contribution >= 0.6 is 23.8 Å². The lowest BCUT2D eigenvalue weighted by Gasteiger charge is -1.99. The van der Waals surface area contributed by atoms with E-state index in [1.54, 1.807) is 23.9 Å². The van der Waals surface area contributed by atoms with Crippen LogP contribution in [-0.2, 0) is 7.05 Å². The molecular formula is C8H6ClN3S. The normalized spacial score (nSPS) is 10.6. The van der Waals surface area contributed by atoms with Crippen LogP contribution < -0.4 is 0 Å². The number of hydrogen-bond donors (Lipinski definition) is 0. The molecule has 3 nitrogen and oxygen atoms in total. The third-order valence-electron chi connectivity index (χ3n) is 1.77. The lowest BCUT2D eigenvalue weighted by molar-refractivity contribution is 0.671. The summed E-state index contributed by atoms with van der Waals surface area (Å²) in [6.07, 6.45) is 0. The Balaban J connectivity index is 2.95. The molecule has 2 aromatic rings. The van der Waals surface area contributed by atoms with E-state index in [1.807, 2.05) is 6.07 Å². The Bertz CT molecular complexity index is 520. The molecule has 0 fully saturated rings. The fraction of sp³-hybridized carbons (Fsp3) is 0.125. The zero-order chi connectivity index (χ0) is 9.42. The Morgan fingerprint density at radius 3 is 3.00 bits per heavy atom. The fourth-order valence-corrected chi connectivity index (χ4v) is 1.47.